The van der Waals surface area contributed by atoms with Crippen LogP contribution in [0.15, 0.2) is 59.7 Å². The van der Waals surface area contributed by atoms with Gasteiger partial charge in [-0.3, -0.25) is 5.43 Å². The molecule has 0 bridgehead atoms. The number of nitrogens with zero attached hydrogens (tertiary/aromatic N) is 1. The predicted octanol–water partition coefficient (Wildman–Crippen LogP) is 4.73. The Bertz CT molecular complexity index is 657. The molecule has 1 aliphatic rings. The fraction of sp³-hybridized carbons (Fsp3) is 0.235. The molecule has 3 rings (SSSR count). The number of benzene rings is 2. The topological polar surface area (TPSA) is 24.4 Å². The van der Waals surface area contributed by atoms with Crippen molar-refractivity contribution in [2.45, 2.75) is 24.4 Å². The summed E-state index contributed by atoms with van der Waals surface area (Å²) in [7, 11) is 0. The van der Waals surface area contributed by atoms with Gasteiger partial charge in [0.2, 0.25) is 0 Å². The highest BCUT2D eigenvalue weighted by molar-refractivity contribution is 5.80. The largest absolute Gasteiger partial charge is 0.398 e. The normalized spacial score (nSPS) is 16.7. The molecular weight excluding hydrogens is 289 g/mol. The Kier molecular flexibility index (Phi) is 3.64. The van der Waals surface area contributed by atoms with E-state index in [4.69, 9.17) is 0 Å². The summed E-state index contributed by atoms with van der Waals surface area (Å²) in [6.45, 7) is 0. The zero-order valence-corrected chi connectivity index (χ0v) is 11.8. The minimum atomic E-state index is -4.17. The lowest BCUT2D eigenvalue weighted by Crippen LogP contribution is -2.28. The van der Waals surface area contributed by atoms with E-state index in [1.165, 1.54) is 0 Å². The van der Waals surface area contributed by atoms with Crippen LogP contribution in [0.1, 0.15) is 24.0 Å². The summed E-state index contributed by atoms with van der Waals surface area (Å²) in [5.41, 5.74) is 3.19. The first-order valence-corrected chi connectivity index (χ1v) is 7.03. The van der Waals surface area contributed by atoms with E-state index < -0.39 is 11.6 Å². The van der Waals surface area contributed by atoms with E-state index in [0.717, 1.165) is 11.3 Å². The molecule has 0 amide bonds. The summed E-state index contributed by atoms with van der Waals surface area (Å²) in [4.78, 5) is 0. The Morgan fingerprint density at radius 1 is 0.955 bits per heavy atom. The van der Waals surface area contributed by atoms with Crippen LogP contribution in [0.25, 0.3) is 0 Å². The van der Waals surface area contributed by atoms with Gasteiger partial charge in [-0.1, -0.05) is 42.5 Å². The number of rotatable bonds is 4. The standard InChI is InChI=1S/C17H15F3N2/c18-17(19,20)16(10-11-16)14-8-6-13(7-9-14)12-21-22-15-4-2-1-3-5-15/h1-9,12,22H,10-11H2. The van der Waals surface area contributed by atoms with Crippen molar-refractivity contribution in [1.82, 2.24) is 0 Å². The lowest BCUT2D eigenvalue weighted by molar-refractivity contribution is -0.160. The third-order valence-electron chi connectivity index (χ3n) is 3.94. The summed E-state index contributed by atoms with van der Waals surface area (Å²) in [6, 6.07) is 15.9. The molecule has 1 aliphatic carbocycles. The van der Waals surface area contributed by atoms with Crippen LogP contribution < -0.4 is 5.43 Å². The number of hydrogen-bond acceptors (Lipinski definition) is 2. The second kappa shape index (κ2) is 5.48. The lowest BCUT2D eigenvalue weighted by Gasteiger charge is -2.19. The Labute approximate surface area is 126 Å². The number of nitrogens with one attached hydrogen (secondary N) is 1. The van der Waals surface area contributed by atoms with Crippen LogP contribution >= 0.6 is 0 Å². The average Bonchev–Trinajstić information content (AvgIpc) is 3.30. The van der Waals surface area contributed by atoms with Crippen molar-refractivity contribution < 1.29 is 13.2 Å². The zero-order valence-electron chi connectivity index (χ0n) is 11.8. The molecule has 2 aromatic carbocycles. The van der Waals surface area contributed by atoms with Crippen molar-refractivity contribution in [3.63, 3.8) is 0 Å². The van der Waals surface area contributed by atoms with Crippen molar-refractivity contribution in [1.29, 1.82) is 0 Å². The van der Waals surface area contributed by atoms with Gasteiger partial charge in [0.1, 0.15) is 0 Å². The molecule has 1 N–H and O–H groups in total. The van der Waals surface area contributed by atoms with Crippen LogP contribution in [0.3, 0.4) is 0 Å². The van der Waals surface area contributed by atoms with Crippen molar-refractivity contribution in [2.24, 2.45) is 5.10 Å². The number of hydrogen-bond donors (Lipinski definition) is 1. The molecule has 0 aromatic heterocycles. The first-order valence-electron chi connectivity index (χ1n) is 7.03. The highest BCUT2D eigenvalue weighted by Gasteiger charge is 2.64. The van der Waals surface area contributed by atoms with Gasteiger partial charge in [0.25, 0.3) is 0 Å². The van der Waals surface area contributed by atoms with Gasteiger partial charge < -0.3 is 0 Å². The molecule has 0 radical (unpaired) electrons. The maximum absolute atomic E-state index is 13.0. The minimum absolute atomic E-state index is 0.180. The molecule has 0 saturated heterocycles. The Morgan fingerprint density at radius 3 is 2.14 bits per heavy atom. The summed E-state index contributed by atoms with van der Waals surface area (Å²) in [5.74, 6) is 0. The van der Waals surface area contributed by atoms with Gasteiger partial charge in [0.15, 0.2) is 0 Å². The second-order valence-corrected chi connectivity index (χ2v) is 5.44. The van der Waals surface area contributed by atoms with Crippen LogP contribution in [0.2, 0.25) is 0 Å². The van der Waals surface area contributed by atoms with Crippen LogP contribution in [0, 0.1) is 0 Å². The van der Waals surface area contributed by atoms with E-state index in [9.17, 15) is 13.2 Å². The third kappa shape index (κ3) is 2.84. The van der Waals surface area contributed by atoms with Gasteiger partial charge in [-0.15, -0.1) is 0 Å². The van der Waals surface area contributed by atoms with Crippen LogP contribution in [0.4, 0.5) is 18.9 Å². The number of halogens is 3. The Morgan fingerprint density at radius 2 is 1.59 bits per heavy atom. The van der Waals surface area contributed by atoms with Gasteiger partial charge in [0.05, 0.1) is 17.3 Å². The molecule has 0 spiro atoms. The molecular formula is C17H15F3N2. The predicted molar refractivity (Wildman–Crippen MR) is 81.1 cm³/mol. The molecule has 1 saturated carbocycles. The first kappa shape index (κ1) is 14.6. The monoisotopic (exact) mass is 304 g/mol. The molecule has 0 unspecified atom stereocenters. The molecule has 114 valence electrons. The van der Waals surface area contributed by atoms with Crippen LogP contribution in [-0.4, -0.2) is 12.4 Å². The van der Waals surface area contributed by atoms with E-state index in [0.29, 0.717) is 5.56 Å². The molecule has 5 heteroatoms. The summed E-state index contributed by atoms with van der Waals surface area (Å²) in [5, 5.41) is 4.07. The highest BCUT2D eigenvalue weighted by Crippen LogP contribution is 2.58. The molecule has 0 heterocycles. The average molecular weight is 304 g/mol. The van der Waals surface area contributed by atoms with E-state index in [2.05, 4.69) is 10.5 Å². The Hall–Kier alpha value is -2.30. The molecule has 0 atom stereocenters. The van der Waals surface area contributed by atoms with Crippen LogP contribution in [-0.2, 0) is 5.41 Å². The number of anilines is 1. The van der Waals surface area contributed by atoms with E-state index in [-0.39, 0.29) is 12.8 Å². The summed E-state index contributed by atoms with van der Waals surface area (Å²) in [6.07, 6.45) is -2.22. The van der Waals surface area contributed by atoms with Crippen molar-refractivity contribution in [2.75, 3.05) is 5.43 Å². The fourth-order valence-electron chi connectivity index (χ4n) is 2.44. The van der Waals surface area contributed by atoms with Gasteiger partial charge in [-0.05, 0) is 36.1 Å². The quantitative estimate of drug-likeness (QED) is 0.641. The molecule has 0 aliphatic heterocycles. The van der Waals surface area contributed by atoms with Crippen molar-refractivity contribution >= 4 is 11.9 Å². The first-order chi connectivity index (χ1) is 10.5. The third-order valence-corrected chi connectivity index (χ3v) is 3.94. The number of hydrazone groups is 1. The van der Waals surface area contributed by atoms with Gasteiger partial charge in [0, 0.05) is 0 Å². The van der Waals surface area contributed by atoms with Gasteiger partial charge in [-0.2, -0.15) is 18.3 Å². The lowest BCUT2D eigenvalue weighted by atomic mass is 9.94. The van der Waals surface area contributed by atoms with E-state index in [1.807, 2.05) is 30.3 Å². The number of para-hydroxylation sites is 1. The molecule has 2 aromatic rings. The van der Waals surface area contributed by atoms with E-state index in [1.54, 1.807) is 30.5 Å². The molecule has 1 fully saturated rings. The second-order valence-electron chi connectivity index (χ2n) is 5.44. The van der Waals surface area contributed by atoms with Crippen molar-refractivity contribution in [3.05, 3.63) is 65.7 Å². The smallest absolute Gasteiger partial charge is 0.279 e. The fourth-order valence-corrected chi connectivity index (χ4v) is 2.44. The summed E-state index contributed by atoms with van der Waals surface area (Å²) < 4.78 is 39.1. The van der Waals surface area contributed by atoms with Crippen LogP contribution in [0.5, 0.6) is 0 Å². The van der Waals surface area contributed by atoms with Gasteiger partial charge in [-0.25, -0.2) is 0 Å². The highest BCUT2D eigenvalue weighted by atomic mass is 19.4. The zero-order chi connectivity index (χ0) is 15.6. The summed E-state index contributed by atoms with van der Waals surface area (Å²) >= 11 is 0. The minimum Gasteiger partial charge on any atom is -0.279 e. The maximum atomic E-state index is 13.0. The maximum Gasteiger partial charge on any atom is 0.398 e. The molecule has 22 heavy (non-hydrogen) atoms. The SMILES string of the molecule is FC(F)(F)C1(c2ccc(C=NNc3ccccc3)cc2)CC1. The molecule has 2 nitrogen and oxygen atoms in total. The van der Waals surface area contributed by atoms with E-state index >= 15 is 0 Å². The Balaban J connectivity index is 1.68. The van der Waals surface area contributed by atoms with Gasteiger partial charge >= 0.3 is 6.18 Å². The number of alkyl halides is 3. The van der Waals surface area contributed by atoms with Crippen molar-refractivity contribution in [3.8, 4) is 0 Å².